The van der Waals surface area contributed by atoms with Gasteiger partial charge in [0.15, 0.2) is 9.84 Å². The molecule has 0 aromatic heterocycles. The van der Waals surface area contributed by atoms with Crippen molar-refractivity contribution in [1.82, 2.24) is 0 Å². The highest BCUT2D eigenvalue weighted by Crippen LogP contribution is 2.48. The molecule has 0 saturated heterocycles. The van der Waals surface area contributed by atoms with Crippen LogP contribution in [0.5, 0.6) is 5.75 Å². The van der Waals surface area contributed by atoms with E-state index in [4.69, 9.17) is 5.73 Å². The van der Waals surface area contributed by atoms with Crippen LogP contribution < -0.4 is 10.6 Å². The Labute approximate surface area is 161 Å². The summed E-state index contributed by atoms with van der Waals surface area (Å²) in [5.74, 6) is -1.37. The summed E-state index contributed by atoms with van der Waals surface area (Å²) < 4.78 is 39.1. The first kappa shape index (κ1) is 18.1. The average molecular weight is 397 g/mol. The molecule has 0 fully saturated rings. The molecule has 1 atom stereocenters. The molecular weight excluding hydrogens is 381 g/mol. The summed E-state index contributed by atoms with van der Waals surface area (Å²) in [4.78, 5) is 1.62. The lowest BCUT2D eigenvalue weighted by Gasteiger charge is -2.35. The van der Waals surface area contributed by atoms with E-state index in [2.05, 4.69) is 0 Å². The van der Waals surface area contributed by atoms with Crippen molar-refractivity contribution in [3.05, 3.63) is 81.9 Å². The number of benzene rings is 2. The summed E-state index contributed by atoms with van der Waals surface area (Å²) in [5.41, 5.74) is 7.80. The summed E-state index contributed by atoms with van der Waals surface area (Å²) in [7, 11) is -3.63. The standard InChI is InChI=1S/C20H16FN3O3S/c21-13-4-6-14(7-5-13)24-17-8-9-28(26,27)19(17)18(16(11-22)20(24)23)12-2-1-3-15(25)10-12/h1-7,10,18,25H,8-9,23H2/t18-/m0/s1. The highest BCUT2D eigenvalue weighted by molar-refractivity contribution is 7.95. The molecule has 2 aromatic carbocycles. The number of hydrogen-bond acceptors (Lipinski definition) is 6. The maximum Gasteiger partial charge on any atom is 0.177 e. The van der Waals surface area contributed by atoms with E-state index in [1.54, 1.807) is 12.1 Å². The SMILES string of the molecule is N#CC1=C(N)N(c2ccc(F)cc2)C2=C([C@H]1c1cccc(O)c1)S(=O)(=O)CC2. The van der Waals surface area contributed by atoms with E-state index in [0.29, 0.717) is 16.9 Å². The number of halogens is 1. The molecule has 4 rings (SSSR count). The topological polar surface area (TPSA) is 107 Å². The van der Waals surface area contributed by atoms with Crippen LogP contribution >= 0.6 is 0 Å². The van der Waals surface area contributed by atoms with Crippen molar-refractivity contribution in [2.24, 2.45) is 5.73 Å². The Balaban J connectivity index is 2.00. The maximum absolute atomic E-state index is 13.4. The van der Waals surface area contributed by atoms with Gasteiger partial charge in [-0.05, 0) is 42.0 Å². The number of nitrogens with two attached hydrogens (primary N) is 1. The molecule has 3 N–H and O–H groups in total. The third-order valence-corrected chi connectivity index (χ3v) is 6.86. The second-order valence-electron chi connectivity index (χ2n) is 6.63. The van der Waals surface area contributed by atoms with Gasteiger partial charge >= 0.3 is 0 Å². The molecule has 0 amide bonds. The Morgan fingerprint density at radius 2 is 1.93 bits per heavy atom. The van der Waals surface area contributed by atoms with E-state index in [1.807, 2.05) is 6.07 Å². The van der Waals surface area contributed by atoms with E-state index in [-0.39, 0.29) is 34.2 Å². The molecule has 8 heteroatoms. The minimum Gasteiger partial charge on any atom is -0.508 e. The van der Waals surface area contributed by atoms with Gasteiger partial charge in [-0.25, -0.2) is 12.8 Å². The number of nitriles is 1. The quantitative estimate of drug-likeness (QED) is 0.807. The number of sulfone groups is 1. The van der Waals surface area contributed by atoms with Crippen LogP contribution in [-0.2, 0) is 9.84 Å². The number of aromatic hydroxyl groups is 1. The van der Waals surface area contributed by atoms with Crippen LogP contribution in [0, 0.1) is 17.1 Å². The largest absolute Gasteiger partial charge is 0.508 e. The Kier molecular flexibility index (Phi) is 4.12. The van der Waals surface area contributed by atoms with Crippen LogP contribution in [0.3, 0.4) is 0 Å². The van der Waals surface area contributed by atoms with E-state index in [1.165, 1.54) is 41.3 Å². The third-order valence-electron chi connectivity index (χ3n) is 4.97. The normalized spacial score (nSPS) is 20.9. The lowest BCUT2D eigenvalue weighted by molar-refractivity contribution is 0.474. The Hall–Kier alpha value is -3.31. The van der Waals surface area contributed by atoms with Crippen LogP contribution in [-0.4, -0.2) is 19.3 Å². The zero-order chi connectivity index (χ0) is 20.1. The number of nitrogens with zero attached hydrogens (tertiary/aromatic N) is 2. The summed E-state index contributed by atoms with van der Waals surface area (Å²) in [6, 6.07) is 13.7. The first-order valence-corrected chi connectivity index (χ1v) is 10.2. The lowest BCUT2D eigenvalue weighted by atomic mass is 9.87. The number of rotatable bonds is 2. The summed E-state index contributed by atoms with van der Waals surface area (Å²) in [6.07, 6.45) is 0.226. The third kappa shape index (κ3) is 2.72. The van der Waals surface area contributed by atoms with E-state index >= 15 is 0 Å². The van der Waals surface area contributed by atoms with Crippen molar-refractivity contribution in [2.45, 2.75) is 12.3 Å². The van der Waals surface area contributed by atoms with Crippen molar-refractivity contribution in [1.29, 1.82) is 5.26 Å². The van der Waals surface area contributed by atoms with E-state index in [9.17, 15) is 23.2 Å². The molecule has 0 aliphatic carbocycles. The highest BCUT2D eigenvalue weighted by atomic mass is 32.2. The fourth-order valence-electron chi connectivity index (χ4n) is 3.79. The molecule has 0 spiro atoms. The van der Waals surface area contributed by atoms with Gasteiger partial charge in [0, 0.05) is 17.8 Å². The minimum absolute atomic E-state index is 0.0353. The van der Waals surface area contributed by atoms with Crippen LogP contribution in [0.1, 0.15) is 17.9 Å². The van der Waals surface area contributed by atoms with Crippen molar-refractivity contribution >= 4 is 15.5 Å². The van der Waals surface area contributed by atoms with Gasteiger partial charge < -0.3 is 10.8 Å². The van der Waals surface area contributed by atoms with Gasteiger partial charge in [-0.15, -0.1) is 0 Å². The fourth-order valence-corrected chi connectivity index (χ4v) is 5.63. The average Bonchev–Trinajstić information content (AvgIpc) is 2.97. The Morgan fingerprint density at radius 3 is 2.57 bits per heavy atom. The monoisotopic (exact) mass is 397 g/mol. The molecule has 0 saturated carbocycles. The molecule has 6 nitrogen and oxygen atoms in total. The van der Waals surface area contributed by atoms with Gasteiger partial charge in [0.2, 0.25) is 0 Å². The molecular formula is C20H16FN3O3S. The number of phenols is 1. The number of hydrogen-bond donors (Lipinski definition) is 2. The molecule has 142 valence electrons. The zero-order valence-electron chi connectivity index (χ0n) is 14.6. The Morgan fingerprint density at radius 1 is 1.21 bits per heavy atom. The zero-order valence-corrected chi connectivity index (χ0v) is 15.4. The molecule has 2 aromatic rings. The number of allylic oxidation sites excluding steroid dienone is 3. The van der Waals surface area contributed by atoms with Crippen molar-refractivity contribution < 1.29 is 17.9 Å². The van der Waals surface area contributed by atoms with Crippen LogP contribution in [0.15, 0.2) is 70.5 Å². The van der Waals surface area contributed by atoms with Crippen LogP contribution in [0.2, 0.25) is 0 Å². The van der Waals surface area contributed by atoms with E-state index in [0.717, 1.165) is 0 Å². The molecule has 0 unspecified atom stereocenters. The van der Waals surface area contributed by atoms with Crippen LogP contribution in [0.4, 0.5) is 10.1 Å². The Bertz CT molecular complexity index is 1180. The second kappa shape index (κ2) is 6.39. The van der Waals surface area contributed by atoms with Gasteiger partial charge in [0.25, 0.3) is 0 Å². The number of anilines is 1. The van der Waals surface area contributed by atoms with Gasteiger partial charge in [-0.1, -0.05) is 12.1 Å². The summed E-state index contributed by atoms with van der Waals surface area (Å²) in [5, 5.41) is 19.7. The molecule has 28 heavy (non-hydrogen) atoms. The first-order valence-electron chi connectivity index (χ1n) is 8.53. The molecule has 2 aliphatic rings. The summed E-state index contributed by atoms with van der Waals surface area (Å²) in [6.45, 7) is 0. The fraction of sp³-hybridized carbons (Fsp3) is 0.150. The van der Waals surface area contributed by atoms with Crippen molar-refractivity contribution in [3.63, 3.8) is 0 Å². The van der Waals surface area contributed by atoms with E-state index < -0.39 is 21.6 Å². The predicted octanol–water partition coefficient (Wildman–Crippen LogP) is 2.86. The van der Waals surface area contributed by atoms with Gasteiger partial charge in [0.1, 0.15) is 17.4 Å². The first-order chi connectivity index (χ1) is 13.3. The van der Waals surface area contributed by atoms with Gasteiger partial charge in [-0.3, -0.25) is 4.90 Å². The smallest absolute Gasteiger partial charge is 0.177 e. The maximum atomic E-state index is 13.4. The van der Waals surface area contributed by atoms with Crippen molar-refractivity contribution in [2.75, 3.05) is 10.7 Å². The van der Waals surface area contributed by atoms with Crippen LogP contribution in [0.25, 0.3) is 0 Å². The second-order valence-corrected chi connectivity index (χ2v) is 8.71. The van der Waals surface area contributed by atoms with Crippen molar-refractivity contribution in [3.8, 4) is 11.8 Å². The molecule has 0 bridgehead atoms. The molecule has 0 radical (unpaired) electrons. The summed E-state index contributed by atoms with van der Waals surface area (Å²) >= 11 is 0. The van der Waals surface area contributed by atoms with Gasteiger partial charge in [-0.2, -0.15) is 5.26 Å². The number of phenolic OH excluding ortho intramolecular Hbond substituents is 1. The predicted molar refractivity (Wildman–Crippen MR) is 102 cm³/mol. The highest BCUT2D eigenvalue weighted by Gasteiger charge is 2.45. The minimum atomic E-state index is -3.63. The van der Waals surface area contributed by atoms with Gasteiger partial charge in [0.05, 0.1) is 28.2 Å². The lowest BCUT2D eigenvalue weighted by Crippen LogP contribution is -2.34. The molecule has 2 aliphatic heterocycles. The molecule has 2 heterocycles.